The summed E-state index contributed by atoms with van der Waals surface area (Å²) in [6.07, 6.45) is 1.73. The molecule has 2 rings (SSSR count). The zero-order valence-corrected chi connectivity index (χ0v) is 13.1. The number of likely N-dealkylation sites (tertiary alicyclic amines) is 1. The first-order valence-corrected chi connectivity index (χ1v) is 7.78. The van der Waals surface area contributed by atoms with Crippen molar-refractivity contribution in [1.82, 2.24) is 4.90 Å². The van der Waals surface area contributed by atoms with E-state index in [2.05, 4.69) is 0 Å². The van der Waals surface area contributed by atoms with Crippen LogP contribution in [0.25, 0.3) is 0 Å². The van der Waals surface area contributed by atoms with E-state index in [4.69, 9.17) is 16.3 Å². The van der Waals surface area contributed by atoms with Gasteiger partial charge in [0, 0.05) is 30.5 Å². The topological polar surface area (TPSA) is 49.8 Å². The van der Waals surface area contributed by atoms with E-state index in [1.165, 1.54) is 0 Å². The molecule has 0 bridgehead atoms. The van der Waals surface area contributed by atoms with Crippen LogP contribution in [0.2, 0.25) is 5.02 Å². The Labute approximate surface area is 130 Å². The Morgan fingerprint density at radius 2 is 2.19 bits per heavy atom. The van der Waals surface area contributed by atoms with Gasteiger partial charge in [-0.3, -0.25) is 4.79 Å². The van der Waals surface area contributed by atoms with Gasteiger partial charge in [0.2, 0.25) is 5.91 Å². The molecule has 4 nitrogen and oxygen atoms in total. The molecule has 116 valence electrons. The Balaban J connectivity index is 1.64. The molecule has 1 aromatic rings. The van der Waals surface area contributed by atoms with Gasteiger partial charge in [-0.15, -0.1) is 0 Å². The van der Waals surface area contributed by atoms with Gasteiger partial charge in [0.1, 0.15) is 5.75 Å². The maximum absolute atomic E-state index is 12.0. The van der Waals surface area contributed by atoms with Crippen LogP contribution in [0.4, 0.5) is 0 Å². The van der Waals surface area contributed by atoms with Gasteiger partial charge in [-0.05, 0) is 44.0 Å². The molecule has 0 radical (unpaired) electrons. The maximum atomic E-state index is 12.0. The molecule has 1 saturated heterocycles. The predicted molar refractivity (Wildman–Crippen MR) is 82.5 cm³/mol. The third kappa shape index (κ3) is 4.90. The molecule has 0 aromatic heterocycles. The zero-order valence-electron chi connectivity index (χ0n) is 12.3. The third-order valence-corrected chi connectivity index (χ3v) is 4.13. The van der Waals surface area contributed by atoms with Crippen LogP contribution in [0.3, 0.4) is 0 Å². The molecule has 1 aliphatic heterocycles. The summed E-state index contributed by atoms with van der Waals surface area (Å²) in [4.78, 5) is 13.9. The van der Waals surface area contributed by atoms with Gasteiger partial charge in [-0.1, -0.05) is 11.6 Å². The van der Waals surface area contributed by atoms with E-state index in [1.54, 1.807) is 19.1 Å². The molecule has 2 atom stereocenters. The van der Waals surface area contributed by atoms with Gasteiger partial charge >= 0.3 is 0 Å². The molecule has 0 spiro atoms. The van der Waals surface area contributed by atoms with Crippen molar-refractivity contribution in [2.75, 3.05) is 19.7 Å². The first kappa shape index (κ1) is 16.1. The van der Waals surface area contributed by atoms with E-state index in [0.717, 1.165) is 18.7 Å². The molecule has 1 heterocycles. The van der Waals surface area contributed by atoms with Crippen LogP contribution in [-0.4, -0.2) is 41.7 Å². The average Bonchev–Trinajstić information content (AvgIpc) is 2.95. The van der Waals surface area contributed by atoms with E-state index in [9.17, 15) is 9.90 Å². The molecular formula is C16H22ClNO3. The number of hydrogen-bond acceptors (Lipinski definition) is 3. The smallest absolute Gasteiger partial charge is 0.222 e. The number of carbonyl (C=O) groups is 1. The summed E-state index contributed by atoms with van der Waals surface area (Å²) in [5, 5.41) is 10.2. The van der Waals surface area contributed by atoms with Crippen molar-refractivity contribution in [2.45, 2.75) is 32.3 Å². The SMILES string of the molecule is CC(O)C1CCN(C(=O)CCCOc2ccc(Cl)cc2)C1. The Kier molecular flexibility index (Phi) is 5.88. The van der Waals surface area contributed by atoms with Crippen LogP contribution in [0.1, 0.15) is 26.2 Å². The molecule has 0 aliphatic carbocycles. The molecule has 1 amide bonds. The van der Waals surface area contributed by atoms with Gasteiger partial charge in [0.15, 0.2) is 0 Å². The summed E-state index contributed by atoms with van der Waals surface area (Å²) in [6.45, 7) is 3.74. The first-order chi connectivity index (χ1) is 10.1. The number of halogens is 1. The van der Waals surface area contributed by atoms with Crippen molar-refractivity contribution in [3.05, 3.63) is 29.3 Å². The van der Waals surface area contributed by atoms with E-state index < -0.39 is 0 Å². The average molecular weight is 312 g/mol. The molecule has 5 heteroatoms. The highest BCUT2D eigenvalue weighted by Gasteiger charge is 2.28. The van der Waals surface area contributed by atoms with Gasteiger partial charge < -0.3 is 14.7 Å². The second-order valence-corrected chi connectivity index (χ2v) is 5.97. The summed E-state index contributed by atoms with van der Waals surface area (Å²) in [5.74, 6) is 1.14. The minimum atomic E-state index is -0.337. The van der Waals surface area contributed by atoms with Crippen molar-refractivity contribution < 1.29 is 14.6 Å². The Bertz CT molecular complexity index is 461. The van der Waals surface area contributed by atoms with E-state index in [-0.39, 0.29) is 17.9 Å². The minimum absolute atomic E-state index is 0.151. The van der Waals surface area contributed by atoms with Gasteiger partial charge in [-0.25, -0.2) is 0 Å². The Morgan fingerprint density at radius 3 is 2.81 bits per heavy atom. The van der Waals surface area contributed by atoms with Crippen molar-refractivity contribution in [3.8, 4) is 5.75 Å². The highest BCUT2D eigenvalue weighted by Crippen LogP contribution is 2.20. The molecule has 1 N–H and O–H groups in total. The van der Waals surface area contributed by atoms with Gasteiger partial charge in [0.05, 0.1) is 12.7 Å². The molecule has 21 heavy (non-hydrogen) atoms. The van der Waals surface area contributed by atoms with E-state index >= 15 is 0 Å². The molecule has 0 saturated carbocycles. The summed E-state index contributed by atoms with van der Waals surface area (Å²) in [7, 11) is 0. The standard InChI is InChI=1S/C16H22ClNO3/c1-12(19)13-8-9-18(11-13)16(20)3-2-10-21-15-6-4-14(17)5-7-15/h4-7,12-13,19H,2-3,8-11H2,1H3. The fourth-order valence-corrected chi connectivity index (χ4v) is 2.64. The number of ether oxygens (including phenoxy) is 1. The highest BCUT2D eigenvalue weighted by molar-refractivity contribution is 6.30. The van der Waals surface area contributed by atoms with Gasteiger partial charge in [-0.2, -0.15) is 0 Å². The fourth-order valence-electron chi connectivity index (χ4n) is 2.51. The third-order valence-electron chi connectivity index (χ3n) is 3.88. The van der Waals surface area contributed by atoms with Crippen LogP contribution in [0.5, 0.6) is 5.75 Å². The Hall–Kier alpha value is -1.26. The number of aliphatic hydroxyl groups is 1. The number of carbonyl (C=O) groups excluding carboxylic acids is 1. The van der Waals surface area contributed by atoms with Crippen molar-refractivity contribution in [2.24, 2.45) is 5.92 Å². The summed E-state index contributed by atoms with van der Waals surface area (Å²) in [5.41, 5.74) is 0. The molecule has 2 unspecified atom stereocenters. The van der Waals surface area contributed by atoms with E-state index in [0.29, 0.717) is 31.0 Å². The number of amides is 1. The lowest BCUT2D eigenvalue weighted by molar-refractivity contribution is -0.130. The summed E-state index contributed by atoms with van der Waals surface area (Å²) < 4.78 is 5.56. The minimum Gasteiger partial charge on any atom is -0.494 e. The first-order valence-electron chi connectivity index (χ1n) is 7.40. The van der Waals surface area contributed by atoms with Crippen LogP contribution >= 0.6 is 11.6 Å². The largest absolute Gasteiger partial charge is 0.494 e. The quantitative estimate of drug-likeness (QED) is 0.822. The lowest BCUT2D eigenvalue weighted by Crippen LogP contribution is -2.30. The number of rotatable bonds is 6. The number of benzene rings is 1. The number of aliphatic hydroxyl groups excluding tert-OH is 1. The highest BCUT2D eigenvalue weighted by atomic mass is 35.5. The molecule has 1 aromatic carbocycles. The number of nitrogens with zero attached hydrogens (tertiary/aromatic N) is 1. The van der Waals surface area contributed by atoms with Crippen LogP contribution in [0, 0.1) is 5.92 Å². The Morgan fingerprint density at radius 1 is 1.48 bits per heavy atom. The molecule has 1 aliphatic rings. The second kappa shape index (κ2) is 7.66. The zero-order chi connectivity index (χ0) is 15.2. The number of hydrogen-bond donors (Lipinski definition) is 1. The molecular weight excluding hydrogens is 290 g/mol. The fraction of sp³-hybridized carbons (Fsp3) is 0.562. The van der Waals surface area contributed by atoms with Crippen LogP contribution in [-0.2, 0) is 4.79 Å². The van der Waals surface area contributed by atoms with Crippen molar-refractivity contribution in [1.29, 1.82) is 0 Å². The summed E-state index contributed by atoms with van der Waals surface area (Å²) >= 11 is 5.80. The maximum Gasteiger partial charge on any atom is 0.222 e. The monoisotopic (exact) mass is 311 g/mol. The predicted octanol–water partition coefficient (Wildman–Crippen LogP) is 2.73. The van der Waals surface area contributed by atoms with Crippen molar-refractivity contribution >= 4 is 17.5 Å². The van der Waals surface area contributed by atoms with Crippen molar-refractivity contribution in [3.63, 3.8) is 0 Å². The second-order valence-electron chi connectivity index (χ2n) is 5.54. The molecule has 1 fully saturated rings. The van der Waals surface area contributed by atoms with Crippen LogP contribution < -0.4 is 4.74 Å². The summed E-state index contributed by atoms with van der Waals surface area (Å²) in [6, 6.07) is 7.20. The lowest BCUT2D eigenvalue weighted by Gasteiger charge is -2.17. The van der Waals surface area contributed by atoms with Crippen LogP contribution in [0.15, 0.2) is 24.3 Å². The van der Waals surface area contributed by atoms with Gasteiger partial charge in [0.25, 0.3) is 0 Å². The van der Waals surface area contributed by atoms with E-state index in [1.807, 2.05) is 17.0 Å². The lowest BCUT2D eigenvalue weighted by atomic mass is 10.0. The normalized spacial score (nSPS) is 19.6.